The molecule has 1 heterocycles. The number of piperidine rings is 1. The number of rotatable bonds is 3. The number of carbonyl (C=O) groups excluding carboxylic acids is 1. The van der Waals surface area contributed by atoms with Crippen molar-refractivity contribution < 1.29 is 9.18 Å². The van der Waals surface area contributed by atoms with Crippen molar-refractivity contribution in [1.29, 1.82) is 0 Å². The topological polar surface area (TPSA) is 41.1 Å². The van der Waals surface area contributed by atoms with E-state index in [-0.39, 0.29) is 17.9 Å². The lowest BCUT2D eigenvalue weighted by atomic mass is 9.80. The Balaban J connectivity index is 2.42. The van der Waals surface area contributed by atoms with Crippen LogP contribution in [0, 0.1) is 5.41 Å². The van der Waals surface area contributed by atoms with Gasteiger partial charge in [-0.05, 0) is 25.9 Å². The monoisotopic (exact) mass is 188 g/mol. The van der Waals surface area contributed by atoms with Gasteiger partial charge >= 0.3 is 0 Å². The van der Waals surface area contributed by atoms with E-state index >= 15 is 0 Å². The van der Waals surface area contributed by atoms with Gasteiger partial charge in [0, 0.05) is 12.0 Å². The summed E-state index contributed by atoms with van der Waals surface area (Å²) in [6, 6.07) is 0. The van der Waals surface area contributed by atoms with Gasteiger partial charge in [-0.3, -0.25) is 4.79 Å². The smallest absolute Gasteiger partial charge is 0.226 e. The van der Waals surface area contributed by atoms with Crippen LogP contribution in [0.2, 0.25) is 0 Å². The number of hydrogen-bond donors (Lipinski definition) is 2. The highest BCUT2D eigenvalue weighted by Gasteiger charge is 2.33. The minimum atomic E-state index is -0.486. The Morgan fingerprint density at radius 2 is 2.15 bits per heavy atom. The van der Waals surface area contributed by atoms with Gasteiger partial charge in [0.25, 0.3) is 0 Å². The molecule has 76 valence electrons. The minimum Gasteiger partial charge on any atom is -0.353 e. The van der Waals surface area contributed by atoms with Crippen LogP contribution in [0.15, 0.2) is 0 Å². The Kier molecular flexibility index (Phi) is 3.66. The average Bonchev–Trinajstić information content (AvgIpc) is 2.15. The summed E-state index contributed by atoms with van der Waals surface area (Å²) in [5.41, 5.74) is -0.291. The van der Waals surface area contributed by atoms with Crippen LogP contribution in [0.1, 0.15) is 19.8 Å². The molecule has 3 nitrogen and oxygen atoms in total. The van der Waals surface area contributed by atoms with E-state index in [0.29, 0.717) is 0 Å². The molecule has 0 aromatic heterocycles. The van der Waals surface area contributed by atoms with Crippen LogP contribution in [0.3, 0.4) is 0 Å². The highest BCUT2D eigenvalue weighted by atomic mass is 19.1. The zero-order chi connectivity index (χ0) is 9.73. The Labute approximate surface area is 78.1 Å². The molecular formula is C9H17FN2O. The molecule has 0 aromatic carbocycles. The summed E-state index contributed by atoms with van der Waals surface area (Å²) in [5, 5.41) is 5.80. The molecule has 1 aliphatic heterocycles. The fraction of sp³-hybridized carbons (Fsp3) is 0.889. The lowest BCUT2D eigenvalue weighted by Crippen LogP contribution is -2.46. The van der Waals surface area contributed by atoms with Gasteiger partial charge < -0.3 is 10.6 Å². The first kappa shape index (κ1) is 10.4. The summed E-state index contributed by atoms with van der Waals surface area (Å²) in [6.45, 7) is 3.35. The van der Waals surface area contributed by atoms with Gasteiger partial charge in [-0.15, -0.1) is 0 Å². The molecule has 13 heavy (non-hydrogen) atoms. The first-order valence-electron chi connectivity index (χ1n) is 4.74. The van der Waals surface area contributed by atoms with E-state index in [1.54, 1.807) is 0 Å². The maximum Gasteiger partial charge on any atom is 0.226 e. The van der Waals surface area contributed by atoms with Crippen molar-refractivity contribution in [3.63, 3.8) is 0 Å². The third-order valence-corrected chi connectivity index (χ3v) is 2.64. The second-order valence-corrected chi connectivity index (χ2v) is 3.76. The SMILES string of the molecule is CC1(C(=O)NCCF)CCNCC1. The Hall–Kier alpha value is -0.640. The molecule has 0 aliphatic carbocycles. The largest absolute Gasteiger partial charge is 0.353 e. The van der Waals surface area contributed by atoms with Crippen LogP contribution in [0.4, 0.5) is 4.39 Å². The highest BCUT2D eigenvalue weighted by Crippen LogP contribution is 2.27. The second-order valence-electron chi connectivity index (χ2n) is 3.76. The number of nitrogens with one attached hydrogen (secondary N) is 2. The first-order chi connectivity index (χ1) is 6.19. The van der Waals surface area contributed by atoms with E-state index in [1.807, 2.05) is 6.92 Å². The maximum atomic E-state index is 11.8. The van der Waals surface area contributed by atoms with E-state index in [2.05, 4.69) is 10.6 Å². The molecule has 1 saturated heterocycles. The van der Waals surface area contributed by atoms with Crippen molar-refractivity contribution >= 4 is 5.91 Å². The zero-order valence-electron chi connectivity index (χ0n) is 8.03. The molecule has 4 heteroatoms. The molecule has 0 aromatic rings. The Morgan fingerprint density at radius 3 is 2.69 bits per heavy atom. The van der Waals surface area contributed by atoms with Crippen LogP contribution in [-0.4, -0.2) is 32.2 Å². The summed E-state index contributed by atoms with van der Waals surface area (Å²) in [5.74, 6) is -0.00773. The van der Waals surface area contributed by atoms with Crippen molar-refractivity contribution in [3.05, 3.63) is 0 Å². The summed E-state index contributed by atoms with van der Waals surface area (Å²) in [6.07, 6.45) is 1.68. The maximum absolute atomic E-state index is 11.8. The lowest BCUT2D eigenvalue weighted by Gasteiger charge is -2.32. The number of alkyl halides is 1. The fourth-order valence-corrected chi connectivity index (χ4v) is 1.58. The summed E-state index contributed by atoms with van der Waals surface area (Å²) < 4.78 is 11.8. The molecule has 1 rings (SSSR count). The number of amides is 1. The summed E-state index contributed by atoms with van der Waals surface area (Å²) in [4.78, 5) is 11.6. The van der Waals surface area contributed by atoms with Gasteiger partial charge in [-0.1, -0.05) is 6.92 Å². The van der Waals surface area contributed by atoms with E-state index in [4.69, 9.17) is 0 Å². The third-order valence-electron chi connectivity index (χ3n) is 2.64. The van der Waals surface area contributed by atoms with Crippen molar-refractivity contribution in [3.8, 4) is 0 Å². The lowest BCUT2D eigenvalue weighted by molar-refractivity contribution is -0.131. The Morgan fingerprint density at radius 1 is 1.54 bits per heavy atom. The predicted molar refractivity (Wildman–Crippen MR) is 49.2 cm³/mol. The second kappa shape index (κ2) is 4.56. The minimum absolute atomic E-state index is 0.00773. The van der Waals surface area contributed by atoms with Gasteiger partial charge in [-0.2, -0.15) is 0 Å². The molecule has 2 N–H and O–H groups in total. The van der Waals surface area contributed by atoms with Gasteiger partial charge in [0.2, 0.25) is 5.91 Å². The van der Waals surface area contributed by atoms with Crippen LogP contribution in [0.5, 0.6) is 0 Å². The standard InChI is InChI=1S/C9H17FN2O/c1-9(2-5-11-6-3-9)8(13)12-7-4-10/h11H,2-7H2,1H3,(H,12,13). The predicted octanol–water partition coefficient (Wildman–Crippen LogP) is 0.462. The van der Waals surface area contributed by atoms with Crippen molar-refractivity contribution in [2.75, 3.05) is 26.3 Å². The summed E-state index contributed by atoms with van der Waals surface area (Å²) in [7, 11) is 0. The normalized spacial score (nSPS) is 21.1. The number of hydrogen-bond acceptors (Lipinski definition) is 2. The van der Waals surface area contributed by atoms with Crippen LogP contribution < -0.4 is 10.6 Å². The molecule has 0 atom stereocenters. The quantitative estimate of drug-likeness (QED) is 0.675. The third kappa shape index (κ3) is 2.66. The number of halogens is 1. The molecular weight excluding hydrogens is 171 g/mol. The molecule has 0 bridgehead atoms. The molecule has 0 radical (unpaired) electrons. The van der Waals surface area contributed by atoms with Crippen molar-refractivity contribution in [2.45, 2.75) is 19.8 Å². The van der Waals surface area contributed by atoms with Crippen molar-refractivity contribution in [2.24, 2.45) is 5.41 Å². The number of carbonyl (C=O) groups is 1. The van der Waals surface area contributed by atoms with Gasteiger partial charge in [0.05, 0.1) is 0 Å². The van der Waals surface area contributed by atoms with E-state index in [0.717, 1.165) is 25.9 Å². The van der Waals surface area contributed by atoms with Gasteiger partial charge in [-0.25, -0.2) is 4.39 Å². The first-order valence-corrected chi connectivity index (χ1v) is 4.74. The molecule has 0 spiro atoms. The van der Waals surface area contributed by atoms with E-state index < -0.39 is 6.67 Å². The van der Waals surface area contributed by atoms with E-state index in [1.165, 1.54) is 0 Å². The van der Waals surface area contributed by atoms with Gasteiger partial charge in [0.1, 0.15) is 6.67 Å². The fourth-order valence-electron chi connectivity index (χ4n) is 1.58. The molecule has 1 amide bonds. The molecule has 0 saturated carbocycles. The van der Waals surface area contributed by atoms with Gasteiger partial charge in [0.15, 0.2) is 0 Å². The average molecular weight is 188 g/mol. The highest BCUT2D eigenvalue weighted by molar-refractivity contribution is 5.82. The summed E-state index contributed by atoms with van der Waals surface area (Å²) >= 11 is 0. The van der Waals surface area contributed by atoms with Crippen LogP contribution in [-0.2, 0) is 4.79 Å². The Bertz CT molecular complexity index is 178. The zero-order valence-corrected chi connectivity index (χ0v) is 8.03. The van der Waals surface area contributed by atoms with Crippen LogP contribution >= 0.6 is 0 Å². The molecule has 1 fully saturated rings. The molecule has 1 aliphatic rings. The molecule has 0 unspecified atom stereocenters. The van der Waals surface area contributed by atoms with Crippen LogP contribution in [0.25, 0.3) is 0 Å². The van der Waals surface area contributed by atoms with E-state index in [9.17, 15) is 9.18 Å². The van der Waals surface area contributed by atoms with Crippen molar-refractivity contribution in [1.82, 2.24) is 10.6 Å².